The zero-order chi connectivity index (χ0) is 16.3. The second kappa shape index (κ2) is 6.33. The Kier molecular flexibility index (Phi) is 4.68. The number of amides is 3. The molecule has 0 aliphatic heterocycles. The van der Waals surface area contributed by atoms with Crippen molar-refractivity contribution in [3.63, 3.8) is 0 Å². The maximum atomic E-state index is 12.2. The molecule has 1 aliphatic rings. The Morgan fingerprint density at radius 2 is 1.95 bits per heavy atom. The Morgan fingerprint density at radius 1 is 1.32 bits per heavy atom. The molecule has 8 nitrogen and oxygen atoms in total. The van der Waals surface area contributed by atoms with Crippen LogP contribution in [0, 0.1) is 0 Å². The number of carbonyl (C=O) groups excluding carboxylic acids is 2. The molecule has 4 N–H and O–H groups in total. The molecule has 1 aliphatic carbocycles. The van der Waals surface area contributed by atoms with Gasteiger partial charge in [0.25, 0.3) is 0 Å². The van der Waals surface area contributed by atoms with Crippen molar-refractivity contribution in [2.24, 2.45) is 5.73 Å². The van der Waals surface area contributed by atoms with Gasteiger partial charge in [-0.25, -0.2) is 4.79 Å². The summed E-state index contributed by atoms with van der Waals surface area (Å²) in [5.74, 6) is 0.197. The molecule has 0 spiro atoms. The van der Waals surface area contributed by atoms with E-state index in [1.54, 1.807) is 6.33 Å². The third-order valence-corrected chi connectivity index (χ3v) is 4.17. The summed E-state index contributed by atoms with van der Waals surface area (Å²) in [5.41, 5.74) is 4.54. The van der Waals surface area contributed by atoms with Crippen molar-refractivity contribution in [3.8, 4) is 0 Å². The SMILES string of the molecule is CC(C)n1cnnc1[C@H](C)NC(=O)NC1(C(N)=O)CCCC1. The van der Waals surface area contributed by atoms with Crippen molar-refractivity contribution >= 4 is 11.9 Å². The maximum absolute atomic E-state index is 12.2. The number of nitrogens with zero attached hydrogens (tertiary/aromatic N) is 3. The summed E-state index contributed by atoms with van der Waals surface area (Å²) in [7, 11) is 0. The van der Waals surface area contributed by atoms with Crippen LogP contribution in [0.3, 0.4) is 0 Å². The van der Waals surface area contributed by atoms with Gasteiger partial charge in [-0.3, -0.25) is 4.79 Å². The maximum Gasteiger partial charge on any atom is 0.316 e. The minimum atomic E-state index is -0.921. The van der Waals surface area contributed by atoms with Crippen LogP contribution in [-0.4, -0.2) is 32.2 Å². The summed E-state index contributed by atoms with van der Waals surface area (Å²) in [5, 5.41) is 13.5. The minimum absolute atomic E-state index is 0.198. The van der Waals surface area contributed by atoms with Crippen LogP contribution in [0.4, 0.5) is 4.79 Å². The van der Waals surface area contributed by atoms with Crippen LogP contribution in [-0.2, 0) is 4.79 Å². The summed E-state index contributed by atoms with van der Waals surface area (Å²) in [6, 6.07) is -0.535. The largest absolute Gasteiger partial charge is 0.368 e. The quantitative estimate of drug-likeness (QED) is 0.753. The first-order valence-electron chi connectivity index (χ1n) is 7.64. The fourth-order valence-electron chi connectivity index (χ4n) is 2.89. The third-order valence-electron chi connectivity index (χ3n) is 4.17. The number of rotatable bonds is 5. The lowest BCUT2D eigenvalue weighted by Gasteiger charge is -2.27. The van der Waals surface area contributed by atoms with Crippen LogP contribution in [0.5, 0.6) is 0 Å². The zero-order valence-corrected chi connectivity index (χ0v) is 13.3. The van der Waals surface area contributed by atoms with Gasteiger partial charge in [-0.2, -0.15) is 0 Å². The number of primary amides is 1. The number of hydrogen-bond donors (Lipinski definition) is 3. The van der Waals surface area contributed by atoms with E-state index in [4.69, 9.17) is 5.73 Å². The summed E-state index contributed by atoms with van der Waals surface area (Å²) < 4.78 is 1.89. The van der Waals surface area contributed by atoms with E-state index in [0.717, 1.165) is 12.8 Å². The molecular weight excluding hydrogens is 284 g/mol. The van der Waals surface area contributed by atoms with Gasteiger partial charge >= 0.3 is 6.03 Å². The predicted octanol–water partition coefficient (Wildman–Crippen LogP) is 1.02. The van der Waals surface area contributed by atoms with Gasteiger partial charge in [0.2, 0.25) is 5.91 Å². The molecule has 3 amide bonds. The number of hydrogen-bond acceptors (Lipinski definition) is 4. The molecule has 1 fully saturated rings. The first kappa shape index (κ1) is 16.3. The molecule has 8 heteroatoms. The fraction of sp³-hybridized carbons (Fsp3) is 0.714. The molecule has 0 saturated heterocycles. The van der Waals surface area contributed by atoms with E-state index in [0.29, 0.717) is 18.7 Å². The molecule has 1 heterocycles. The Morgan fingerprint density at radius 3 is 2.50 bits per heavy atom. The van der Waals surface area contributed by atoms with Gasteiger partial charge in [0.15, 0.2) is 5.82 Å². The molecule has 0 aromatic carbocycles. The van der Waals surface area contributed by atoms with Gasteiger partial charge in [-0.05, 0) is 33.6 Å². The Labute approximate surface area is 129 Å². The average Bonchev–Trinajstić information content (AvgIpc) is 3.07. The smallest absolute Gasteiger partial charge is 0.316 e. The second-order valence-electron chi connectivity index (χ2n) is 6.16. The van der Waals surface area contributed by atoms with Gasteiger partial charge in [0, 0.05) is 6.04 Å². The van der Waals surface area contributed by atoms with Gasteiger partial charge in [0.1, 0.15) is 11.9 Å². The molecule has 1 atom stereocenters. The highest BCUT2D eigenvalue weighted by Crippen LogP contribution is 2.29. The average molecular weight is 308 g/mol. The van der Waals surface area contributed by atoms with E-state index in [1.807, 2.05) is 25.3 Å². The van der Waals surface area contributed by atoms with E-state index < -0.39 is 17.5 Å². The van der Waals surface area contributed by atoms with E-state index >= 15 is 0 Å². The lowest BCUT2D eigenvalue weighted by molar-refractivity contribution is -0.123. The minimum Gasteiger partial charge on any atom is -0.368 e. The van der Waals surface area contributed by atoms with Crippen molar-refractivity contribution in [2.75, 3.05) is 0 Å². The normalized spacial score (nSPS) is 18.2. The van der Waals surface area contributed by atoms with E-state index in [9.17, 15) is 9.59 Å². The summed E-state index contributed by atoms with van der Waals surface area (Å²) >= 11 is 0. The number of nitrogens with one attached hydrogen (secondary N) is 2. The molecule has 22 heavy (non-hydrogen) atoms. The van der Waals surface area contributed by atoms with Crippen LogP contribution >= 0.6 is 0 Å². The highest BCUT2D eigenvalue weighted by molar-refractivity contribution is 5.90. The van der Waals surface area contributed by atoms with Gasteiger partial charge in [-0.15, -0.1) is 10.2 Å². The number of carbonyl (C=O) groups is 2. The standard InChI is InChI=1S/C14H24N6O2/c1-9(2)20-8-16-19-11(20)10(3)17-13(22)18-14(12(15)21)6-4-5-7-14/h8-10H,4-7H2,1-3H3,(H2,15,21)(H2,17,18,22)/t10-/m0/s1. The van der Waals surface area contributed by atoms with Crippen molar-refractivity contribution in [3.05, 3.63) is 12.2 Å². The topological polar surface area (TPSA) is 115 Å². The second-order valence-corrected chi connectivity index (χ2v) is 6.16. The summed E-state index contributed by atoms with van der Waals surface area (Å²) in [4.78, 5) is 23.9. The summed E-state index contributed by atoms with van der Waals surface area (Å²) in [6.07, 6.45) is 4.59. The number of urea groups is 1. The highest BCUT2D eigenvalue weighted by Gasteiger charge is 2.41. The predicted molar refractivity (Wildman–Crippen MR) is 80.9 cm³/mol. The first-order valence-corrected chi connectivity index (χ1v) is 7.64. The fourth-order valence-corrected chi connectivity index (χ4v) is 2.89. The van der Waals surface area contributed by atoms with Crippen LogP contribution in [0.1, 0.15) is 64.4 Å². The number of nitrogens with two attached hydrogens (primary N) is 1. The molecule has 2 rings (SSSR count). The lowest BCUT2D eigenvalue weighted by Crippen LogP contribution is -2.58. The first-order chi connectivity index (χ1) is 10.4. The van der Waals surface area contributed by atoms with E-state index in [1.165, 1.54) is 0 Å². The van der Waals surface area contributed by atoms with Crippen molar-refractivity contribution in [1.82, 2.24) is 25.4 Å². The molecule has 1 aromatic rings. The molecule has 1 aromatic heterocycles. The van der Waals surface area contributed by atoms with E-state index in [-0.39, 0.29) is 12.1 Å². The Balaban J connectivity index is 2.02. The van der Waals surface area contributed by atoms with E-state index in [2.05, 4.69) is 20.8 Å². The monoisotopic (exact) mass is 308 g/mol. The van der Waals surface area contributed by atoms with Gasteiger partial charge in [-0.1, -0.05) is 12.8 Å². The summed E-state index contributed by atoms with van der Waals surface area (Å²) in [6.45, 7) is 5.86. The molecule has 122 valence electrons. The molecule has 0 bridgehead atoms. The van der Waals surface area contributed by atoms with Crippen LogP contribution in [0.15, 0.2) is 6.33 Å². The zero-order valence-electron chi connectivity index (χ0n) is 13.3. The van der Waals surface area contributed by atoms with Crippen molar-refractivity contribution < 1.29 is 9.59 Å². The molecule has 0 radical (unpaired) electrons. The lowest BCUT2D eigenvalue weighted by atomic mass is 9.97. The van der Waals surface area contributed by atoms with Crippen LogP contribution in [0.25, 0.3) is 0 Å². The van der Waals surface area contributed by atoms with Crippen molar-refractivity contribution in [2.45, 2.75) is 64.1 Å². The Hall–Kier alpha value is -2.12. The van der Waals surface area contributed by atoms with Crippen molar-refractivity contribution in [1.29, 1.82) is 0 Å². The molecule has 1 saturated carbocycles. The van der Waals surface area contributed by atoms with Gasteiger partial charge in [0.05, 0.1) is 6.04 Å². The van der Waals surface area contributed by atoms with Gasteiger partial charge < -0.3 is 20.9 Å². The van der Waals surface area contributed by atoms with Crippen LogP contribution < -0.4 is 16.4 Å². The molecule has 0 unspecified atom stereocenters. The Bertz CT molecular complexity index is 547. The highest BCUT2D eigenvalue weighted by atomic mass is 16.2. The van der Waals surface area contributed by atoms with Crippen LogP contribution in [0.2, 0.25) is 0 Å². The number of aromatic nitrogens is 3. The molecular formula is C14H24N6O2. The third kappa shape index (κ3) is 3.20.